The first-order valence-corrected chi connectivity index (χ1v) is 15.4. The summed E-state index contributed by atoms with van der Waals surface area (Å²) in [6.45, 7) is 7.07. The van der Waals surface area contributed by atoms with Crippen LogP contribution in [0.4, 0.5) is 0 Å². The summed E-state index contributed by atoms with van der Waals surface area (Å²) in [5, 5.41) is 2.55. The average molecular weight is 533 g/mol. The van der Waals surface area contributed by atoms with Crippen LogP contribution in [0.1, 0.15) is 37.5 Å². The first kappa shape index (κ1) is 26.4. The van der Waals surface area contributed by atoms with Gasteiger partial charge in [0.1, 0.15) is 0 Å². The molecular formula is C34H34N2P2. The molecule has 2 heterocycles. The summed E-state index contributed by atoms with van der Waals surface area (Å²) in [6, 6.07) is 32.7. The molecule has 0 amide bonds. The second kappa shape index (κ2) is 11.7. The third-order valence-corrected chi connectivity index (χ3v) is 9.72. The lowest BCUT2D eigenvalue weighted by molar-refractivity contribution is 0.586. The number of rotatable bonds is 7. The summed E-state index contributed by atoms with van der Waals surface area (Å²) in [5.41, 5.74) is 9.37. The van der Waals surface area contributed by atoms with Gasteiger partial charge in [-0.1, -0.05) is 93.6 Å². The lowest BCUT2D eigenvalue weighted by Gasteiger charge is -2.32. The molecule has 3 aromatic carbocycles. The van der Waals surface area contributed by atoms with Crippen molar-refractivity contribution in [1.29, 1.82) is 0 Å². The molecule has 38 heavy (non-hydrogen) atoms. The minimum absolute atomic E-state index is 0.0647. The molecule has 0 aliphatic heterocycles. The van der Waals surface area contributed by atoms with Crippen LogP contribution in [0.25, 0.3) is 22.3 Å². The van der Waals surface area contributed by atoms with E-state index in [9.17, 15) is 0 Å². The van der Waals surface area contributed by atoms with Crippen LogP contribution < -0.4 is 10.6 Å². The van der Waals surface area contributed by atoms with E-state index in [0.717, 1.165) is 12.3 Å². The quantitative estimate of drug-likeness (QED) is 0.198. The van der Waals surface area contributed by atoms with Crippen molar-refractivity contribution in [2.75, 3.05) is 0 Å². The van der Waals surface area contributed by atoms with E-state index in [1.807, 2.05) is 24.8 Å². The SMILES string of the molecule is CC(C)(C)c1c(CP(c2cccnc2)c2cccnc2)c(CP)cc(-c2ccccc2)c1-c1ccccc1. The molecule has 1 unspecified atom stereocenters. The van der Waals surface area contributed by atoms with E-state index in [1.165, 1.54) is 49.6 Å². The molecular weight excluding hydrogens is 498 g/mol. The number of nitrogens with zero attached hydrogens (tertiary/aromatic N) is 2. The molecule has 5 rings (SSSR count). The third kappa shape index (κ3) is 5.63. The Bertz CT molecular complexity index is 1440. The van der Waals surface area contributed by atoms with Crippen LogP contribution in [-0.4, -0.2) is 9.97 Å². The van der Waals surface area contributed by atoms with Gasteiger partial charge in [0, 0.05) is 30.9 Å². The summed E-state index contributed by atoms with van der Waals surface area (Å²) >= 11 is 0. The van der Waals surface area contributed by atoms with E-state index < -0.39 is 7.92 Å². The smallest absolute Gasteiger partial charge is 0.0348 e. The molecule has 0 radical (unpaired) electrons. The fourth-order valence-corrected chi connectivity index (χ4v) is 7.89. The molecule has 0 N–H and O–H groups in total. The van der Waals surface area contributed by atoms with Crippen molar-refractivity contribution >= 4 is 27.8 Å². The molecule has 2 aromatic heterocycles. The van der Waals surface area contributed by atoms with Crippen molar-refractivity contribution in [3.8, 4) is 22.3 Å². The molecule has 0 bridgehead atoms. The number of pyridine rings is 2. The molecule has 5 aromatic rings. The highest BCUT2D eigenvalue weighted by molar-refractivity contribution is 7.72. The van der Waals surface area contributed by atoms with Crippen LogP contribution in [0.5, 0.6) is 0 Å². The van der Waals surface area contributed by atoms with Crippen LogP contribution in [0.2, 0.25) is 0 Å². The summed E-state index contributed by atoms with van der Waals surface area (Å²) in [5.74, 6) is 0. The molecule has 0 aliphatic rings. The maximum atomic E-state index is 4.50. The molecule has 0 fully saturated rings. The maximum absolute atomic E-state index is 4.50. The van der Waals surface area contributed by atoms with Crippen LogP contribution in [0.3, 0.4) is 0 Å². The summed E-state index contributed by atoms with van der Waals surface area (Å²) in [6.07, 6.45) is 9.63. The largest absolute Gasteiger partial charge is 0.264 e. The third-order valence-electron chi connectivity index (χ3n) is 6.88. The van der Waals surface area contributed by atoms with Gasteiger partial charge in [0.15, 0.2) is 0 Å². The highest BCUT2D eigenvalue weighted by Crippen LogP contribution is 2.48. The van der Waals surface area contributed by atoms with Crippen molar-refractivity contribution < 1.29 is 0 Å². The first-order chi connectivity index (χ1) is 18.5. The Hall–Kier alpha value is -3.18. The van der Waals surface area contributed by atoms with Gasteiger partial charge in [0.05, 0.1) is 0 Å². The van der Waals surface area contributed by atoms with Gasteiger partial charge in [-0.25, -0.2) is 0 Å². The van der Waals surface area contributed by atoms with Gasteiger partial charge in [0.2, 0.25) is 0 Å². The Balaban J connectivity index is 1.82. The van der Waals surface area contributed by atoms with E-state index in [4.69, 9.17) is 0 Å². The van der Waals surface area contributed by atoms with Gasteiger partial charge in [0.25, 0.3) is 0 Å². The number of hydrogen-bond acceptors (Lipinski definition) is 2. The molecule has 0 spiro atoms. The Morgan fingerprint density at radius 1 is 0.711 bits per heavy atom. The van der Waals surface area contributed by atoms with Crippen molar-refractivity contribution in [1.82, 2.24) is 9.97 Å². The second-order valence-electron chi connectivity index (χ2n) is 10.5. The van der Waals surface area contributed by atoms with E-state index in [-0.39, 0.29) is 5.41 Å². The van der Waals surface area contributed by atoms with Crippen molar-refractivity contribution in [2.24, 2.45) is 0 Å². The van der Waals surface area contributed by atoms with Crippen LogP contribution >= 0.6 is 17.2 Å². The van der Waals surface area contributed by atoms with Crippen molar-refractivity contribution in [3.05, 3.63) is 132 Å². The zero-order chi connectivity index (χ0) is 26.5. The average Bonchev–Trinajstić information content (AvgIpc) is 2.96. The Kier molecular flexibility index (Phi) is 8.13. The normalized spacial score (nSPS) is 11.6. The van der Waals surface area contributed by atoms with Crippen molar-refractivity contribution in [2.45, 2.75) is 38.5 Å². The molecule has 0 saturated carbocycles. The van der Waals surface area contributed by atoms with Gasteiger partial charge < -0.3 is 0 Å². The van der Waals surface area contributed by atoms with Gasteiger partial charge >= 0.3 is 0 Å². The highest BCUT2D eigenvalue weighted by Gasteiger charge is 2.29. The van der Waals surface area contributed by atoms with Gasteiger partial charge in [-0.2, -0.15) is 0 Å². The maximum Gasteiger partial charge on any atom is 0.0348 e. The molecule has 1 atom stereocenters. The van der Waals surface area contributed by atoms with Gasteiger partial charge in [-0.3, -0.25) is 9.97 Å². The predicted molar refractivity (Wildman–Crippen MR) is 168 cm³/mol. The number of aromatic nitrogens is 2. The van der Waals surface area contributed by atoms with Crippen LogP contribution in [-0.2, 0) is 17.7 Å². The molecule has 0 saturated heterocycles. The van der Waals surface area contributed by atoms with E-state index in [2.05, 4.69) is 131 Å². The predicted octanol–water partition coefficient (Wildman–Crippen LogP) is 8.12. The summed E-state index contributed by atoms with van der Waals surface area (Å²) < 4.78 is 0. The first-order valence-electron chi connectivity index (χ1n) is 13.0. The molecule has 190 valence electrons. The Morgan fingerprint density at radius 2 is 1.26 bits per heavy atom. The lowest BCUT2D eigenvalue weighted by atomic mass is 9.75. The molecule has 4 heteroatoms. The highest BCUT2D eigenvalue weighted by atomic mass is 31.1. The minimum atomic E-state index is -0.692. The van der Waals surface area contributed by atoms with E-state index in [1.54, 1.807) is 0 Å². The van der Waals surface area contributed by atoms with Crippen LogP contribution in [0, 0.1) is 0 Å². The zero-order valence-corrected chi connectivity index (χ0v) is 24.4. The summed E-state index contributed by atoms with van der Waals surface area (Å²) in [7, 11) is 2.31. The standard InChI is InChI=1S/C34H34N2P2/c1-34(2,3)33-31(24-38(28-16-10-18-35-21-28)29-17-11-19-36-22-29)27(23-37)20-30(25-12-6-4-7-13-25)32(33)26-14-8-5-9-15-26/h4-22H,23-24,37H2,1-3H3. The Morgan fingerprint density at radius 3 is 1.74 bits per heavy atom. The van der Waals surface area contributed by atoms with Gasteiger partial charge in [-0.15, -0.1) is 9.24 Å². The lowest BCUT2D eigenvalue weighted by Crippen LogP contribution is -2.21. The fourth-order valence-electron chi connectivity index (χ4n) is 5.24. The van der Waals surface area contributed by atoms with E-state index >= 15 is 0 Å². The summed E-state index contributed by atoms with van der Waals surface area (Å²) in [4.78, 5) is 8.99. The minimum Gasteiger partial charge on any atom is -0.264 e. The monoisotopic (exact) mass is 532 g/mol. The molecule has 2 nitrogen and oxygen atoms in total. The van der Waals surface area contributed by atoms with E-state index in [0.29, 0.717) is 0 Å². The number of hydrogen-bond donors (Lipinski definition) is 0. The number of benzene rings is 3. The fraction of sp³-hybridized carbons (Fsp3) is 0.176. The van der Waals surface area contributed by atoms with Crippen molar-refractivity contribution in [3.63, 3.8) is 0 Å². The zero-order valence-electron chi connectivity index (χ0n) is 22.3. The second-order valence-corrected chi connectivity index (χ2v) is 13.1. The Labute approximate surface area is 230 Å². The van der Waals surface area contributed by atoms with Gasteiger partial charge in [-0.05, 0) is 87.3 Å². The molecule has 0 aliphatic carbocycles. The topological polar surface area (TPSA) is 25.8 Å². The van der Waals surface area contributed by atoms with Crippen LogP contribution in [0.15, 0.2) is 116 Å².